The second-order valence-corrected chi connectivity index (χ2v) is 1.55. The van der Waals surface area contributed by atoms with Crippen molar-refractivity contribution in [1.29, 1.82) is 0 Å². The third kappa shape index (κ3) is 1.45. The van der Waals surface area contributed by atoms with E-state index in [1.807, 2.05) is 0 Å². The average molecular weight is 140 g/mol. The minimum absolute atomic E-state index is 0.292. The zero-order chi connectivity index (χ0) is 7.56. The highest BCUT2D eigenvalue weighted by Gasteiger charge is 2.11. The Kier molecular flexibility index (Phi) is 1.53. The Morgan fingerprint density at radius 2 is 1.50 bits per heavy atom. The van der Waals surface area contributed by atoms with Crippen LogP contribution in [0.5, 0.6) is 0 Å². The van der Waals surface area contributed by atoms with E-state index >= 15 is 0 Å². The Labute approximate surface area is 56.7 Å². The van der Waals surface area contributed by atoms with Crippen LogP contribution in [-0.2, 0) is 19.1 Å². The summed E-state index contributed by atoms with van der Waals surface area (Å²) in [6, 6.07) is 0. The maximum atomic E-state index is 10.4. The topological polar surface area (TPSA) is 52.6 Å². The predicted molar refractivity (Wildman–Crippen MR) is 30.5 cm³/mol. The van der Waals surface area contributed by atoms with Crippen molar-refractivity contribution in [1.82, 2.24) is 0 Å². The molecule has 0 saturated carbocycles. The molecule has 52 valence electrons. The maximum Gasteiger partial charge on any atom is 0.338 e. The highest BCUT2D eigenvalue weighted by molar-refractivity contribution is 5.93. The number of esters is 2. The molecule has 0 fully saturated rings. The van der Waals surface area contributed by atoms with Gasteiger partial charge in [-0.3, -0.25) is 0 Å². The SMILES string of the molecule is C=C1OC(=O)C=CC(=O)O1. The minimum atomic E-state index is -0.657. The summed E-state index contributed by atoms with van der Waals surface area (Å²) in [6.07, 6.45) is 1.95. The Morgan fingerprint density at radius 1 is 1.10 bits per heavy atom. The summed E-state index contributed by atoms with van der Waals surface area (Å²) in [6.45, 7) is 3.15. The highest BCUT2D eigenvalue weighted by atomic mass is 16.7. The van der Waals surface area contributed by atoms with Crippen molar-refractivity contribution >= 4 is 11.9 Å². The first kappa shape index (κ1) is 6.54. The molecule has 1 rings (SSSR count). The van der Waals surface area contributed by atoms with Gasteiger partial charge >= 0.3 is 11.9 Å². The van der Waals surface area contributed by atoms with Gasteiger partial charge in [-0.05, 0) is 6.58 Å². The molecule has 0 radical (unpaired) electrons. The molecule has 0 amide bonds. The van der Waals surface area contributed by atoms with Crippen LogP contribution >= 0.6 is 0 Å². The van der Waals surface area contributed by atoms with Crippen molar-refractivity contribution in [2.24, 2.45) is 0 Å². The van der Waals surface area contributed by atoms with Gasteiger partial charge in [0, 0.05) is 12.2 Å². The third-order valence-electron chi connectivity index (χ3n) is 0.784. The molecule has 0 N–H and O–H groups in total. The summed E-state index contributed by atoms with van der Waals surface area (Å²) in [4.78, 5) is 20.9. The largest absolute Gasteiger partial charge is 0.390 e. The smallest absolute Gasteiger partial charge is 0.338 e. The molecule has 1 aliphatic rings. The summed E-state index contributed by atoms with van der Waals surface area (Å²) in [5, 5.41) is 0. The molecular weight excluding hydrogens is 136 g/mol. The van der Waals surface area contributed by atoms with E-state index in [0.29, 0.717) is 0 Å². The number of hydrogen-bond acceptors (Lipinski definition) is 4. The van der Waals surface area contributed by atoms with Crippen LogP contribution in [0, 0.1) is 0 Å². The van der Waals surface area contributed by atoms with Crippen LogP contribution in [0.2, 0.25) is 0 Å². The summed E-state index contributed by atoms with van der Waals surface area (Å²) in [7, 11) is 0. The van der Waals surface area contributed by atoms with Crippen LogP contribution in [0.15, 0.2) is 24.7 Å². The van der Waals surface area contributed by atoms with Crippen molar-refractivity contribution in [3.8, 4) is 0 Å². The predicted octanol–water partition coefficient (Wildman–Crippen LogP) is 0.114. The quantitative estimate of drug-likeness (QED) is 0.448. The number of carbonyl (C=O) groups is 2. The molecule has 4 nitrogen and oxygen atoms in total. The summed E-state index contributed by atoms with van der Waals surface area (Å²) >= 11 is 0. The minimum Gasteiger partial charge on any atom is -0.390 e. The fraction of sp³-hybridized carbons (Fsp3) is 0. The Morgan fingerprint density at radius 3 is 1.90 bits per heavy atom. The monoisotopic (exact) mass is 140 g/mol. The molecule has 0 aromatic heterocycles. The van der Waals surface area contributed by atoms with Crippen LogP contribution < -0.4 is 0 Å². The molecule has 4 heteroatoms. The third-order valence-corrected chi connectivity index (χ3v) is 0.784. The van der Waals surface area contributed by atoms with Crippen LogP contribution in [0.4, 0.5) is 0 Å². The molecule has 0 saturated heterocycles. The van der Waals surface area contributed by atoms with E-state index in [1.165, 1.54) is 0 Å². The number of carbonyl (C=O) groups excluding carboxylic acids is 2. The lowest BCUT2D eigenvalue weighted by Crippen LogP contribution is -2.00. The van der Waals surface area contributed by atoms with E-state index in [-0.39, 0.29) is 5.95 Å². The lowest BCUT2D eigenvalue weighted by Gasteiger charge is -1.98. The van der Waals surface area contributed by atoms with Crippen LogP contribution in [-0.4, -0.2) is 11.9 Å². The fourth-order valence-corrected chi connectivity index (χ4v) is 0.449. The van der Waals surface area contributed by atoms with Gasteiger partial charge < -0.3 is 9.47 Å². The zero-order valence-electron chi connectivity index (χ0n) is 4.99. The highest BCUT2D eigenvalue weighted by Crippen LogP contribution is 2.02. The summed E-state index contributed by atoms with van der Waals surface area (Å²) in [5.74, 6) is -1.60. The second-order valence-electron chi connectivity index (χ2n) is 1.55. The molecule has 0 atom stereocenters. The van der Waals surface area contributed by atoms with Gasteiger partial charge in [0.25, 0.3) is 5.95 Å². The molecule has 0 aromatic rings. The number of hydrogen-bond donors (Lipinski definition) is 0. The number of rotatable bonds is 0. The molecule has 0 spiro atoms. The van der Waals surface area contributed by atoms with Gasteiger partial charge in [-0.1, -0.05) is 0 Å². The molecule has 1 aliphatic heterocycles. The molecule has 0 aliphatic carbocycles. The Balaban J connectivity index is 2.79. The normalized spacial score (nSPS) is 17.8. The van der Waals surface area contributed by atoms with Gasteiger partial charge in [-0.25, -0.2) is 9.59 Å². The van der Waals surface area contributed by atoms with Crippen molar-refractivity contribution < 1.29 is 19.1 Å². The van der Waals surface area contributed by atoms with E-state index in [9.17, 15) is 9.59 Å². The van der Waals surface area contributed by atoms with Gasteiger partial charge in [0.2, 0.25) is 0 Å². The molecule has 0 unspecified atom stereocenters. The van der Waals surface area contributed by atoms with E-state index in [2.05, 4.69) is 16.1 Å². The van der Waals surface area contributed by atoms with E-state index in [0.717, 1.165) is 12.2 Å². The first-order valence-electron chi connectivity index (χ1n) is 2.49. The zero-order valence-corrected chi connectivity index (χ0v) is 4.99. The Hall–Kier alpha value is -1.58. The van der Waals surface area contributed by atoms with Crippen molar-refractivity contribution in [2.45, 2.75) is 0 Å². The van der Waals surface area contributed by atoms with Crippen molar-refractivity contribution in [3.05, 3.63) is 24.7 Å². The first-order valence-corrected chi connectivity index (χ1v) is 2.49. The average Bonchev–Trinajstić information content (AvgIpc) is 1.93. The summed E-state index contributed by atoms with van der Waals surface area (Å²) < 4.78 is 8.64. The van der Waals surface area contributed by atoms with E-state index < -0.39 is 11.9 Å². The lowest BCUT2D eigenvalue weighted by molar-refractivity contribution is -0.145. The summed E-state index contributed by atoms with van der Waals surface area (Å²) in [5.41, 5.74) is 0. The molecule has 0 aromatic carbocycles. The first-order chi connectivity index (χ1) is 4.68. The molecule has 10 heavy (non-hydrogen) atoms. The van der Waals surface area contributed by atoms with Crippen molar-refractivity contribution in [2.75, 3.05) is 0 Å². The van der Waals surface area contributed by atoms with Crippen LogP contribution in [0.25, 0.3) is 0 Å². The van der Waals surface area contributed by atoms with Gasteiger partial charge in [0.1, 0.15) is 0 Å². The number of cyclic esters (lactones) is 2. The lowest BCUT2D eigenvalue weighted by atomic mass is 10.5. The maximum absolute atomic E-state index is 10.4. The standard InChI is InChI=1S/C6H4O4/c1-4-9-5(7)2-3-6(8)10-4/h2-3H,1H2. The molecular formula is C6H4O4. The number of ether oxygens (including phenoxy) is 2. The fourth-order valence-electron chi connectivity index (χ4n) is 0.449. The van der Waals surface area contributed by atoms with E-state index in [1.54, 1.807) is 0 Å². The second kappa shape index (κ2) is 2.34. The van der Waals surface area contributed by atoms with Gasteiger partial charge in [-0.15, -0.1) is 0 Å². The van der Waals surface area contributed by atoms with Crippen molar-refractivity contribution in [3.63, 3.8) is 0 Å². The van der Waals surface area contributed by atoms with Gasteiger partial charge in [-0.2, -0.15) is 0 Å². The van der Waals surface area contributed by atoms with Gasteiger partial charge in [0.15, 0.2) is 0 Å². The molecule has 0 bridgehead atoms. The van der Waals surface area contributed by atoms with Crippen LogP contribution in [0.3, 0.4) is 0 Å². The van der Waals surface area contributed by atoms with Crippen LogP contribution in [0.1, 0.15) is 0 Å². The van der Waals surface area contributed by atoms with E-state index in [4.69, 9.17) is 0 Å². The Bertz CT molecular complexity index is 204. The molecule has 1 heterocycles. The van der Waals surface area contributed by atoms with Gasteiger partial charge in [0.05, 0.1) is 0 Å².